The van der Waals surface area contributed by atoms with Crippen LogP contribution in [0.2, 0.25) is 0 Å². The van der Waals surface area contributed by atoms with Crippen LogP contribution >= 0.6 is 0 Å². The monoisotopic (exact) mass is 311 g/mol. The number of sulfonamides is 1. The number of anilines is 1. The molecule has 0 aliphatic rings. The number of rotatable bonds is 6. The van der Waals surface area contributed by atoms with E-state index in [1.807, 2.05) is 0 Å². The van der Waals surface area contributed by atoms with Crippen molar-refractivity contribution in [1.29, 1.82) is 0 Å². The molecule has 1 rings (SSSR count). The van der Waals surface area contributed by atoms with Crippen molar-refractivity contribution in [2.45, 2.75) is 6.92 Å². The van der Waals surface area contributed by atoms with Crippen LogP contribution in [0.25, 0.3) is 0 Å². The standard InChI is InChI=1S/C14H17NO5S/c1-4-5-14(17)20-10-13(16)11-6-8-12(9-7-11)15(2)21(3,18)19/h4-9H,10H2,1-3H3. The quantitative estimate of drug-likeness (QED) is 0.450. The van der Waals surface area contributed by atoms with Gasteiger partial charge in [0.05, 0.1) is 11.9 Å². The van der Waals surface area contributed by atoms with E-state index in [9.17, 15) is 18.0 Å². The van der Waals surface area contributed by atoms with E-state index in [-0.39, 0.29) is 12.4 Å². The molecule has 0 atom stereocenters. The number of hydrogen-bond donors (Lipinski definition) is 0. The first-order valence-corrected chi connectivity index (χ1v) is 7.97. The Morgan fingerprint density at radius 1 is 1.24 bits per heavy atom. The largest absolute Gasteiger partial charge is 0.454 e. The van der Waals surface area contributed by atoms with Crippen LogP contribution < -0.4 is 4.31 Å². The van der Waals surface area contributed by atoms with E-state index in [1.165, 1.54) is 43.5 Å². The van der Waals surface area contributed by atoms with Crippen molar-refractivity contribution in [2.24, 2.45) is 0 Å². The van der Waals surface area contributed by atoms with E-state index in [1.54, 1.807) is 6.92 Å². The summed E-state index contributed by atoms with van der Waals surface area (Å²) in [5, 5.41) is 0. The molecule has 0 radical (unpaired) electrons. The second-order valence-corrected chi connectivity index (χ2v) is 6.32. The van der Waals surface area contributed by atoms with Gasteiger partial charge in [0.15, 0.2) is 12.4 Å². The van der Waals surface area contributed by atoms with E-state index in [0.717, 1.165) is 10.6 Å². The van der Waals surface area contributed by atoms with Gasteiger partial charge in [-0.15, -0.1) is 0 Å². The molecule has 0 aliphatic carbocycles. The molecule has 0 aromatic heterocycles. The van der Waals surface area contributed by atoms with Crippen molar-refractivity contribution in [2.75, 3.05) is 24.2 Å². The van der Waals surface area contributed by atoms with E-state index in [2.05, 4.69) is 0 Å². The number of ketones is 1. The van der Waals surface area contributed by atoms with Gasteiger partial charge in [-0.05, 0) is 31.2 Å². The minimum Gasteiger partial charge on any atom is -0.454 e. The van der Waals surface area contributed by atoms with Gasteiger partial charge in [-0.1, -0.05) is 6.08 Å². The molecular weight excluding hydrogens is 294 g/mol. The molecule has 0 fully saturated rings. The Bertz CT molecular complexity index is 646. The zero-order valence-corrected chi connectivity index (χ0v) is 12.9. The first-order valence-electron chi connectivity index (χ1n) is 6.12. The lowest BCUT2D eigenvalue weighted by Gasteiger charge is -2.16. The lowest BCUT2D eigenvalue weighted by Crippen LogP contribution is -2.24. The zero-order chi connectivity index (χ0) is 16.0. The Morgan fingerprint density at radius 3 is 2.29 bits per heavy atom. The Labute approximate surface area is 124 Å². The predicted molar refractivity (Wildman–Crippen MR) is 79.8 cm³/mol. The molecule has 6 nitrogen and oxygen atoms in total. The summed E-state index contributed by atoms with van der Waals surface area (Å²) in [6.45, 7) is 1.31. The summed E-state index contributed by atoms with van der Waals surface area (Å²) < 4.78 is 28.6. The smallest absolute Gasteiger partial charge is 0.330 e. The highest BCUT2D eigenvalue weighted by Crippen LogP contribution is 2.16. The second-order valence-electron chi connectivity index (χ2n) is 4.31. The number of carbonyl (C=O) groups excluding carboxylic acids is 2. The molecule has 0 amide bonds. The summed E-state index contributed by atoms with van der Waals surface area (Å²) >= 11 is 0. The van der Waals surface area contributed by atoms with E-state index in [4.69, 9.17) is 4.74 Å². The molecule has 0 aliphatic heterocycles. The van der Waals surface area contributed by atoms with E-state index in [0.29, 0.717) is 11.3 Å². The highest BCUT2D eigenvalue weighted by molar-refractivity contribution is 7.92. The number of ether oxygens (including phenoxy) is 1. The van der Waals surface area contributed by atoms with Gasteiger partial charge >= 0.3 is 5.97 Å². The average Bonchev–Trinajstić information content (AvgIpc) is 2.43. The molecule has 1 aromatic rings. The Hall–Kier alpha value is -2.15. The number of nitrogens with zero attached hydrogens (tertiary/aromatic N) is 1. The van der Waals surface area contributed by atoms with E-state index < -0.39 is 16.0 Å². The molecule has 7 heteroatoms. The van der Waals surface area contributed by atoms with Crippen molar-refractivity contribution < 1.29 is 22.7 Å². The van der Waals surface area contributed by atoms with Gasteiger partial charge in [0.2, 0.25) is 10.0 Å². The van der Waals surface area contributed by atoms with Crippen LogP contribution in [0.5, 0.6) is 0 Å². The minimum atomic E-state index is -3.35. The van der Waals surface area contributed by atoms with Crippen LogP contribution in [0.15, 0.2) is 36.4 Å². The maximum absolute atomic E-state index is 11.8. The van der Waals surface area contributed by atoms with Gasteiger partial charge in [-0.2, -0.15) is 0 Å². The molecular formula is C14H17NO5S. The maximum Gasteiger partial charge on any atom is 0.330 e. The molecule has 21 heavy (non-hydrogen) atoms. The fourth-order valence-electron chi connectivity index (χ4n) is 1.45. The lowest BCUT2D eigenvalue weighted by molar-refractivity contribution is -0.136. The number of hydrogen-bond acceptors (Lipinski definition) is 5. The summed E-state index contributed by atoms with van der Waals surface area (Å²) in [5.74, 6) is -0.944. The summed E-state index contributed by atoms with van der Waals surface area (Å²) in [7, 11) is -1.92. The maximum atomic E-state index is 11.8. The topological polar surface area (TPSA) is 80.8 Å². The third-order valence-corrected chi connectivity index (χ3v) is 3.90. The minimum absolute atomic E-state index is 0.342. The molecule has 0 unspecified atom stereocenters. The highest BCUT2D eigenvalue weighted by Gasteiger charge is 2.13. The SMILES string of the molecule is CC=CC(=O)OCC(=O)c1ccc(N(C)S(C)(=O)=O)cc1. The van der Waals surface area contributed by atoms with Crippen molar-refractivity contribution in [1.82, 2.24) is 0 Å². The average molecular weight is 311 g/mol. The summed E-state index contributed by atoms with van der Waals surface area (Å²) in [6, 6.07) is 6.01. The van der Waals surface area contributed by atoms with Crippen LogP contribution in [0.4, 0.5) is 5.69 Å². The van der Waals surface area contributed by atoms with Crippen LogP contribution in [0, 0.1) is 0 Å². The number of benzene rings is 1. The van der Waals surface area contributed by atoms with Crippen LogP contribution in [0.3, 0.4) is 0 Å². The molecule has 0 N–H and O–H groups in total. The molecule has 0 heterocycles. The predicted octanol–water partition coefficient (Wildman–Crippen LogP) is 1.38. The van der Waals surface area contributed by atoms with Crippen molar-refractivity contribution in [3.8, 4) is 0 Å². The first-order chi connectivity index (χ1) is 9.75. The normalized spacial score (nSPS) is 11.4. The zero-order valence-electron chi connectivity index (χ0n) is 12.1. The number of allylic oxidation sites excluding steroid dienone is 1. The summed E-state index contributed by atoms with van der Waals surface area (Å²) in [6.07, 6.45) is 3.83. The van der Waals surface area contributed by atoms with Gasteiger partial charge in [0.1, 0.15) is 0 Å². The van der Waals surface area contributed by atoms with Gasteiger partial charge in [-0.25, -0.2) is 13.2 Å². The van der Waals surface area contributed by atoms with Crippen LogP contribution in [0.1, 0.15) is 17.3 Å². The molecule has 114 valence electrons. The second kappa shape index (κ2) is 7.03. The summed E-state index contributed by atoms with van der Waals surface area (Å²) in [4.78, 5) is 22.9. The van der Waals surface area contributed by atoms with Gasteiger partial charge < -0.3 is 4.74 Å². The Kier molecular flexibility index (Phi) is 5.66. The first kappa shape index (κ1) is 16.9. The number of carbonyl (C=O) groups is 2. The van der Waals surface area contributed by atoms with Crippen molar-refractivity contribution >= 4 is 27.5 Å². The fraction of sp³-hybridized carbons (Fsp3) is 0.286. The molecule has 0 bridgehead atoms. The highest BCUT2D eigenvalue weighted by atomic mass is 32.2. The van der Waals surface area contributed by atoms with Crippen molar-refractivity contribution in [3.63, 3.8) is 0 Å². The van der Waals surface area contributed by atoms with Gasteiger partial charge in [0.25, 0.3) is 0 Å². The Morgan fingerprint density at radius 2 is 1.81 bits per heavy atom. The lowest BCUT2D eigenvalue weighted by atomic mass is 10.1. The van der Waals surface area contributed by atoms with Gasteiger partial charge in [-0.3, -0.25) is 9.10 Å². The fourth-order valence-corrected chi connectivity index (χ4v) is 1.96. The molecule has 0 spiro atoms. The van der Waals surface area contributed by atoms with E-state index >= 15 is 0 Å². The van der Waals surface area contributed by atoms with Gasteiger partial charge in [0, 0.05) is 18.7 Å². The van der Waals surface area contributed by atoms with Crippen LogP contribution in [-0.2, 0) is 19.6 Å². The number of esters is 1. The molecule has 0 saturated heterocycles. The molecule has 1 aromatic carbocycles. The third-order valence-electron chi connectivity index (χ3n) is 2.70. The van der Waals surface area contributed by atoms with Crippen LogP contribution in [-0.4, -0.2) is 40.1 Å². The summed E-state index contributed by atoms with van der Waals surface area (Å²) in [5.41, 5.74) is 0.786. The number of Topliss-reactive ketones (excluding diaryl/α,β-unsaturated/α-hetero) is 1. The Balaban J connectivity index is 2.74. The molecule has 0 saturated carbocycles. The van der Waals surface area contributed by atoms with Crippen molar-refractivity contribution in [3.05, 3.63) is 42.0 Å². The third kappa shape index (κ3) is 5.03.